The molecule has 0 radical (unpaired) electrons. The molecule has 1 unspecified atom stereocenters. The van der Waals surface area contributed by atoms with Gasteiger partial charge in [-0.15, -0.1) is 0 Å². The standard InChI is InChI=1S/C13H22BrN/c14-2-1-12(15)13-10-4-8-3-9(6-10)7-11(13)5-8/h8-13H,1-7,15H2. The molecule has 4 bridgehead atoms. The second-order valence-electron chi connectivity index (χ2n) is 6.15. The lowest BCUT2D eigenvalue weighted by Gasteiger charge is -2.56. The predicted molar refractivity (Wildman–Crippen MR) is 66.9 cm³/mol. The van der Waals surface area contributed by atoms with Gasteiger partial charge in [0.25, 0.3) is 0 Å². The fourth-order valence-electron chi connectivity index (χ4n) is 4.98. The van der Waals surface area contributed by atoms with Crippen molar-refractivity contribution in [3.05, 3.63) is 0 Å². The lowest BCUT2D eigenvalue weighted by molar-refractivity contribution is -0.0468. The van der Waals surface area contributed by atoms with Crippen LogP contribution in [0.25, 0.3) is 0 Å². The zero-order valence-corrected chi connectivity index (χ0v) is 11.0. The third-order valence-corrected chi connectivity index (χ3v) is 5.69. The summed E-state index contributed by atoms with van der Waals surface area (Å²) in [6, 6.07) is 0.472. The summed E-state index contributed by atoms with van der Waals surface area (Å²) in [5.74, 6) is 5.03. The van der Waals surface area contributed by atoms with Crippen molar-refractivity contribution in [2.45, 2.75) is 44.6 Å². The van der Waals surface area contributed by atoms with Crippen LogP contribution >= 0.6 is 15.9 Å². The molecule has 4 saturated carbocycles. The van der Waals surface area contributed by atoms with E-state index in [1.54, 1.807) is 6.42 Å². The molecule has 0 spiro atoms. The monoisotopic (exact) mass is 271 g/mol. The lowest BCUT2D eigenvalue weighted by atomic mass is 9.50. The van der Waals surface area contributed by atoms with Crippen molar-refractivity contribution in [3.8, 4) is 0 Å². The molecule has 2 heteroatoms. The summed E-state index contributed by atoms with van der Waals surface area (Å²) < 4.78 is 0. The molecule has 4 fully saturated rings. The summed E-state index contributed by atoms with van der Waals surface area (Å²) in [4.78, 5) is 0. The normalized spacial score (nSPS) is 49.6. The fraction of sp³-hybridized carbons (Fsp3) is 1.00. The van der Waals surface area contributed by atoms with Gasteiger partial charge in [0, 0.05) is 11.4 Å². The van der Waals surface area contributed by atoms with E-state index in [2.05, 4.69) is 15.9 Å². The topological polar surface area (TPSA) is 26.0 Å². The van der Waals surface area contributed by atoms with Crippen LogP contribution in [0.5, 0.6) is 0 Å². The van der Waals surface area contributed by atoms with E-state index in [0.717, 1.165) is 34.9 Å². The Kier molecular flexibility index (Phi) is 2.84. The van der Waals surface area contributed by atoms with E-state index in [1.807, 2.05) is 0 Å². The summed E-state index contributed by atoms with van der Waals surface area (Å²) in [5.41, 5.74) is 6.38. The Morgan fingerprint density at radius 3 is 2.00 bits per heavy atom. The van der Waals surface area contributed by atoms with Crippen LogP contribution in [0, 0.1) is 29.6 Å². The summed E-state index contributed by atoms with van der Waals surface area (Å²) in [6.45, 7) is 0. The molecule has 0 aromatic rings. The van der Waals surface area contributed by atoms with Crippen LogP contribution in [0.4, 0.5) is 0 Å². The van der Waals surface area contributed by atoms with Gasteiger partial charge < -0.3 is 5.73 Å². The third-order valence-electron chi connectivity index (χ3n) is 5.24. The van der Waals surface area contributed by atoms with Crippen LogP contribution in [0.1, 0.15) is 38.5 Å². The zero-order valence-electron chi connectivity index (χ0n) is 9.37. The van der Waals surface area contributed by atoms with Crippen LogP contribution < -0.4 is 5.73 Å². The van der Waals surface area contributed by atoms with Gasteiger partial charge >= 0.3 is 0 Å². The van der Waals surface area contributed by atoms with Crippen LogP contribution in [0.2, 0.25) is 0 Å². The summed E-state index contributed by atoms with van der Waals surface area (Å²) in [6.07, 6.45) is 8.75. The number of nitrogens with two attached hydrogens (primary N) is 1. The molecule has 15 heavy (non-hydrogen) atoms. The van der Waals surface area contributed by atoms with E-state index in [1.165, 1.54) is 32.1 Å². The predicted octanol–water partition coefficient (Wildman–Crippen LogP) is 3.17. The first-order valence-electron chi connectivity index (χ1n) is 6.59. The molecule has 4 rings (SSSR count). The quantitative estimate of drug-likeness (QED) is 0.785. The van der Waals surface area contributed by atoms with Gasteiger partial charge in [-0.25, -0.2) is 0 Å². The van der Waals surface area contributed by atoms with Gasteiger partial charge in [0.2, 0.25) is 0 Å². The average Bonchev–Trinajstić information content (AvgIpc) is 2.15. The highest BCUT2D eigenvalue weighted by Crippen LogP contribution is 2.57. The number of hydrogen-bond donors (Lipinski definition) is 1. The van der Waals surface area contributed by atoms with Gasteiger partial charge in [-0.3, -0.25) is 0 Å². The van der Waals surface area contributed by atoms with Crippen molar-refractivity contribution in [2.24, 2.45) is 35.3 Å². The van der Waals surface area contributed by atoms with E-state index in [0.29, 0.717) is 6.04 Å². The van der Waals surface area contributed by atoms with Gasteiger partial charge in [0.15, 0.2) is 0 Å². The van der Waals surface area contributed by atoms with Gasteiger partial charge in [0.1, 0.15) is 0 Å². The smallest absolute Gasteiger partial charge is 0.00804 e. The highest BCUT2D eigenvalue weighted by atomic mass is 79.9. The van der Waals surface area contributed by atoms with E-state index in [-0.39, 0.29) is 0 Å². The number of halogens is 1. The van der Waals surface area contributed by atoms with Crippen molar-refractivity contribution in [1.29, 1.82) is 0 Å². The second-order valence-corrected chi connectivity index (χ2v) is 6.94. The average molecular weight is 272 g/mol. The Balaban J connectivity index is 1.74. The lowest BCUT2D eigenvalue weighted by Crippen LogP contribution is -2.51. The van der Waals surface area contributed by atoms with Crippen molar-refractivity contribution < 1.29 is 0 Å². The van der Waals surface area contributed by atoms with Crippen molar-refractivity contribution >= 4 is 15.9 Å². The summed E-state index contributed by atoms with van der Waals surface area (Å²) in [5, 5.41) is 1.08. The van der Waals surface area contributed by atoms with E-state index < -0.39 is 0 Å². The Hall–Kier alpha value is 0.440. The highest BCUT2D eigenvalue weighted by molar-refractivity contribution is 9.09. The maximum absolute atomic E-state index is 6.38. The number of alkyl halides is 1. The van der Waals surface area contributed by atoms with Crippen LogP contribution in [0.3, 0.4) is 0 Å². The van der Waals surface area contributed by atoms with Gasteiger partial charge in [-0.05, 0) is 68.1 Å². The van der Waals surface area contributed by atoms with Gasteiger partial charge in [0.05, 0.1) is 0 Å². The molecule has 1 atom stereocenters. The molecule has 0 saturated heterocycles. The van der Waals surface area contributed by atoms with Gasteiger partial charge in [-0.2, -0.15) is 0 Å². The first-order valence-corrected chi connectivity index (χ1v) is 7.71. The minimum atomic E-state index is 0.472. The zero-order chi connectivity index (χ0) is 10.4. The first-order chi connectivity index (χ1) is 7.28. The minimum Gasteiger partial charge on any atom is -0.327 e. The first kappa shape index (κ1) is 10.6. The maximum atomic E-state index is 6.38. The molecule has 0 aromatic carbocycles. The molecule has 86 valence electrons. The summed E-state index contributed by atoms with van der Waals surface area (Å²) in [7, 11) is 0. The molecule has 2 N–H and O–H groups in total. The van der Waals surface area contributed by atoms with Crippen LogP contribution in [0.15, 0.2) is 0 Å². The van der Waals surface area contributed by atoms with Crippen LogP contribution in [-0.4, -0.2) is 11.4 Å². The Labute approximate surface area is 101 Å². The van der Waals surface area contributed by atoms with Crippen LogP contribution in [-0.2, 0) is 0 Å². The number of rotatable bonds is 3. The van der Waals surface area contributed by atoms with Crippen molar-refractivity contribution in [2.75, 3.05) is 5.33 Å². The van der Waals surface area contributed by atoms with E-state index in [4.69, 9.17) is 5.73 Å². The molecule has 1 nitrogen and oxygen atoms in total. The Morgan fingerprint density at radius 2 is 1.53 bits per heavy atom. The minimum absolute atomic E-state index is 0.472. The van der Waals surface area contributed by atoms with Crippen molar-refractivity contribution in [1.82, 2.24) is 0 Å². The number of hydrogen-bond acceptors (Lipinski definition) is 1. The second kappa shape index (κ2) is 4.03. The highest BCUT2D eigenvalue weighted by Gasteiger charge is 2.49. The third kappa shape index (κ3) is 1.78. The summed E-state index contributed by atoms with van der Waals surface area (Å²) >= 11 is 3.54. The molecule has 4 aliphatic carbocycles. The Bertz CT molecular complexity index is 213. The molecule has 0 heterocycles. The Morgan fingerprint density at radius 1 is 1.00 bits per heavy atom. The molecule has 0 aliphatic heterocycles. The molecule has 4 aliphatic rings. The van der Waals surface area contributed by atoms with Gasteiger partial charge in [-0.1, -0.05) is 15.9 Å². The SMILES string of the molecule is NC(CCBr)C1C2CC3CC(C2)CC1C3. The molecular weight excluding hydrogens is 250 g/mol. The molecule has 0 amide bonds. The maximum Gasteiger partial charge on any atom is 0.00804 e. The molecule has 0 aromatic heterocycles. The van der Waals surface area contributed by atoms with E-state index >= 15 is 0 Å². The van der Waals surface area contributed by atoms with E-state index in [9.17, 15) is 0 Å². The largest absolute Gasteiger partial charge is 0.327 e. The molecular formula is C13H22BrN. The fourth-order valence-corrected chi connectivity index (χ4v) is 5.51. The van der Waals surface area contributed by atoms with Crippen molar-refractivity contribution in [3.63, 3.8) is 0 Å².